The Morgan fingerprint density at radius 2 is 2.21 bits per heavy atom. The number of nitrogens with zero attached hydrogens (tertiary/aromatic N) is 2. The van der Waals surface area contributed by atoms with Gasteiger partial charge < -0.3 is 5.32 Å². The highest BCUT2D eigenvalue weighted by Crippen LogP contribution is 2.27. The number of carbonyl (C=O) groups is 1. The molecule has 0 bridgehead atoms. The second-order valence-electron chi connectivity index (χ2n) is 5.63. The fourth-order valence-corrected chi connectivity index (χ4v) is 3.33. The lowest BCUT2D eigenvalue weighted by molar-refractivity contribution is 0.0910. The van der Waals surface area contributed by atoms with Gasteiger partial charge in [0.15, 0.2) is 0 Å². The highest BCUT2D eigenvalue weighted by atomic mass is 16.2. The number of amides is 1. The predicted octanol–water partition coefficient (Wildman–Crippen LogP) is 1.75. The van der Waals surface area contributed by atoms with E-state index in [2.05, 4.69) is 15.2 Å². The molecule has 2 atom stereocenters. The molecule has 0 aliphatic carbocycles. The number of hydrogen-bond donors (Lipinski definition) is 1. The Kier molecular flexibility index (Phi) is 3.51. The lowest BCUT2D eigenvalue weighted by Gasteiger charge is -2.32. The Labute approximate surface area is 114 Å². The molecule has 19 heavy (non-hydrogen) atoms. The molecule has 0 aromatic carbocycles. The van der Waals surface area contributed by atoms with Crippen molar-refractivity contribution in [3.63, 3.8) is 0 Å². The first-order chi connectivity index (χ1) is 9.24. The molecule has 102 valence electrons. The van der Waals surface area contributed by atoms with Gasteiger partial charge in [0, 0.05) is 24.3 Å². The number of nitrogens with one attached hydrogen (secondary N) is 1. The minimum Gasteiger partial charge on any atom is -0.346 e. The van der Waals surface area contributed by atoms with Crippen molar-refractivity contribution in [2.24, 2.45) is 0 Å². The SMILES string of the molecule is Cc1cccc(C(=O)N[C@H]2CCN3CCCC[C@@H]23)n1. The third kappa shape index (κ3) is 2.63. The highest BCUT2D eigenvalue weighted by Gasteiger charge is 2.36. The van der Waals surface area contributed by atoms with Crippen molar-refractivity contribution in [1.82, 2.24) is 15.2 Å². The summed E-state index contributed by atoms with van der Waals surface area (Å²) in [6.07, 6.45) is 4.88. The van der Waals surface area contributed by atoms with Crippen LogP contribution in [-0.2, 0) is 0 Å². The van der Waals surface area contributed by atoms with Crippen LogP contribution >= 0.6 is 0 Å². The average molecular weight is 259 g/mol. The Morgan fingerprint density at radius 1 is 1.32 bits per heavy atom. The first-order valence-corrected chi connectivity index (χ1v) is 7.22. The monoisotopic (exact) mass is 259 g/mol. The number of carbonyl (C=O) groups excluding carboxylic acids is 1. The van der Waals surface area contributed by atoms with Gasteiger partial charge in [-0.05, 0) is 44.9 Å². The molecular weight excluding hydrogens is 238 g/mol. The molecule has 1 aromatic rings. The molecule has 3 heterocycles. The molecule has 4 nitrogen and oxygen atoms in total. The summed E-state index contributed by atoms with van der Waals surface area (Å²) in [6.45, 7) is 4.23. The van der Waals surface area contributed by atoms with E-state index in [-0.39, 0.29) is 5.91 Å². The van der Waals surface area contributed by atoms with Crippen molar-refractivity contribution in [1.29, 1.82) is 0 Å². The van der Waals surface area contributed by atoms with Crippen LogP contribution in [0.5, 0.6) is 0 Å². The van der Waals surface area contributed by atoms with E-state index >= 15 is 0 Å². The number of aryl methyl sites for hydroxylation is 1. The number of hydrogen-bond acceptors (Lipinski definition) is 3. The molecule has 4 heteroatoms. The first kappa shape index (κ1) is 12.6. The zero-order valence-corrected chi connectivity index (χ0v) is 11.4. The van der Waals surface area contributed by atoms with Gasteiger partial charge in [-0.15, -0.1) is 0 Å². The molecule has 0 spiro atoms. The van der Waals surface area contributed by atoms with Gasteiger partial charge in [-0.1, -0.05) is 12.5 Å². The van der Waals surface area contributed by atoms with Gasteiger partial charge in [0.05, 0.1) is 0 Å². The summed E-state index contributed by atoms with van der Waals surface area (Å²) >= 11 is 0. The van der Waals surface area contributed by atoms with Crippen molar-refractivity contribution < 1.29 is 4.79 Å². The van der Waals surface area contributed by atoms with Crippen molar-refractivity contribution in [2.45, 2.75) is 44.7 Å². The van der Waals surface area contributed by atoms with Gasteiger partial charge in [-0.2, -0.15) is 0 Å². The zero-order valence-electron chi connectivity index (χ0n) is 11.4. The van der Waals surface area contributed by atoms with Crippen molar-refractivity contribution in [3.8, 4) is 0 Å². The molecule has 1 amide bonds. The number of rotatable bonds is 2. The van der Waals surface area contributed by atoms with E-state index in [1.54, 1.807) is 6.07 Å². The van der Waals surface area contributed by atoms with E-state index in [1.807, 2.05) is 19.1 Å². The van der Waals surface area contributed by atoms with E-state index < -0.39 is 0 Å². The van der Waals surface area contributed by atoms with Crippen molar-refractivity contribution >= 4 is 5.91 Å². The van der Waals surface area contributed by atoms with E-state index in [4.69, 9.17) is 0 Å². The quantitative estimate of drug-likeness (QED) is 0.880. The molecule has 2 fully saturated rings. The maximum Gasteiger partial charge on any atom is 0.270 e. The second-order valence-corrected chi connectivity index (χ2v) is 5.63. The molecule has 2 saturated heterocycles. The zero-order chi connectivity index (χ0) is 13.2. The van der Waals surface area contributed by atoms with Crippen LogP contribution < -0.4 is 5.32 Å². The largest absolute Gasteiger partial charge is 0.346 e. The summed E-state index contributed by atoms with van der Waals surface area (Å²) in [5.41, 5.74) is 1.42. The molecule has 1 N–H and O–H groups in total. The van der Waals surface area contributed by atoms with Crippen LogP contribution in [0.1, 0.15) is 41.9 Å². The number of piperidine rings is 1. The van der Waals surface area contributed by atoms with Crippen molar-refractivity contribution in [2.75, 3.05) is 13.1 Å². The maximum absolute atomic E-state index is 12.2. The standard InChI is InChI=1S/C15H21N3O/c1-11-5-4-6-13(16-11)15(19)17-12-8-10-18-9-3-2-7-14(12)18/h4-6,12,14H,2-3,7-10H2,1H3,(H,17,19)/t12-,14-/m0/s1. The van der Waals surface area contributed by atoms with Crippen LogP contribution in [0, 0.1) is 6.92 Å². The van der Waals surface area contributed by atoms with Gasteiger partial charge in [-0.25, -0.2) is 4.98 Å². The summed E-state index contributed by atoms with van der Waals surface area (Å²) in [5, 5.41) is 3.18. The Bertz CT molecular complexity index is 474. The minimum atomic E-state index is -0.0267. The molecule has 0 radical (unpaired) electrons. The molecule has 2 aliphatic rings. The van der Waals surface area contributed by atoms with Gasteiger partial charge in [0.25, 0.3) is 5.91 Å². The van der Waals surface area contributed by atoms with Crippen LogP contribution in [0.2, 0.25) is 0 Å². The normalized spacial score (nSPS) is 27.0. The lowest BCUT2D eigenvalue weighted by atomic mass is 9.99. The second kappa shape index (κ2) is 5.29. The Morgan fingerprint density at radius 3 is 3.05 bits per heavy atom. The Balaban J connectivity index is 1.66. The first-order valence-electron chi connectivity index (χ1n) is 7.22. The molecule has 3 rings (SSSR count). The number of fused-ring (bicyclic) bond motifs is 1. The van der Waals surface area contributed by atoms with Gasteiger partial charge in [0.1, 0.15) is 5.69 Å². The fourth-order valence-electron chi connectivity index (χ4n) is 3.33. The van der Waals surface area contributed by atoms with E-state index in [0.717, 1.165) is 18.7 Å². The Hall–Kier alpha value is -1.42. The van der Waals surface area contributed by atoms with Crippen LogP contribution in [0.4, 0.5) is 0 Å². The topological polar surface area (TPSA) is 45.2 Å². The van der Waals surface area contributed by atoms with Gasteiger partial charge in [-0.3, -0.25) is 9.69 Å². The van der Waals surface area contributed by atoms with Crippen LogP contribution in [0.3, 0.4) is 0 Å². The van der Waals surface area contributed by atoms with Gasteiger partial charge in [0.2, 0.25) is 0 Å². The molecular formula is C15H21N3O. The molecule has 2 aliphatic heterocycles. The third-order valence-electron chi connectivity index (χ3n) is 4.29. The van der Waals surface area contributed by atoms with Crippen molar-refractivity contribution in [3.05, 3.63) is 29.6 Å². The summed E-state index contributed by atoms with van der Waals surface area (Å²) in [7, 11) is 0. The fraction of sp³-hybridized carbons (Fsp3) is 0.600. The number of pyridine rings is 1. The smallest absolute Gasteiger partial charge is 0.270 e. The average Bonchev–Trinajstić information content (AvgIpc) is 2.82. The van der Waals surface area contributed by atoms with Crippen LogP contribution in [0.15, 0.2) is 18.2 Å². The van der Waals surface area contributed by atoms with E-state index in [9.17, 15) is 4.79 Å². The summed E-state index contributed by atoms with van der Waals surface area (Å²) < 4.78 is 0. The summed E-state index contributed by atoms with van der Waals surface area (Å²) in [5.74, 6) is -0.0267. The minimum absolute atomic E-state index is 0.0267. The lowest BCUT2D eigenvalue weighted by Crippen LogP contribution is -2.46. The van der Waals surface area contributed by atoms with Gasteiger partial charge >= 0.3 is 0 Å². The predicted molar refractivity (Wildman–Crippen MR) is 74.1 cm³/mol. The summed E-state index contributed by atoms with van der Waals surface area (Å²) in [4.78, 5) is 19.1. The number of aromatic nitrogens is 1. The maximum atomic E-state index is 12.2. The van der Waals surface area contributed by atoms with E-state index in [1.165, 1.54) is 25.8 Å². The van der Waals surface area contributed by atoms with Crippen LogP contribution in [-0.4, -0.2) is 41.0 Å². The summed E-state index contributed by atoms with van der Waals surface area (Å²) in [6, 6.07) is 6.43. The van der Waals surface area contributed by atoms with E-state index in [0.29, 0.717) is 17.8 Å². The molecule has 0 saturated carbocycles. The third-order valence-corrected chi connectivity index (χ3v) is 4.29. The molecule has 0 unspecified atom stereocenters. The van der Waals surface area contributed by atoms with Crippen LogP contribution in [0.25, 0.3) is 0 Å². The molecule has 1 aromatic heterocycles. The highest BCUT2D eigenvalue weighted by molar-refractivity contribution is 5.92.